The van der Waals surface area contributed by atoms with Crippen LogP contribution in [0.3, 0.4) is 0 Å². The highest BCUT2D eigenvalue weighted by Crippen LogP contribution is 2.29. The van der Waals surface area contributed by atoms with Crippen LogP contribution in [0.4, 0.5) is 0 Å². The van der Waals surface area contributed by atoms with Crippen LogP contribution >= 0.6 is 11.8 Å². The standard InChI is InChI=1S/C26H27N5OS/c1-4-30(17-21-8-6-5-7-9-21)24(32)18-33-26-29-28-25(22-12-14-27-15-13-22)31(26)23-11-10-19(2)20(3)16-23/h5-16H,4,17-18H2,1-3H3. The lowest BCUT2D eigenvalue weighted by Crippen LogP contribution is -2.31. The maximum Gasteiger partial charge on any atom is 0.233 e. The summed E-state index contributed by atoms with van der Waals surface area (Å²) >= 11 is 1.41. The van der Waals surface area contributed by atoms with E-state index in [2.05, 4.69) is 47.2 Å². The first kappa shape index (κ1) is 22.7. The molecule has 1 amide bonds. The average Bonchev–Trinajstić information content (AvgIpc) is 3.28. The van der Waals surface area contributed by atoms with E-state index in [1.54, 1.807) is 12.4 Å². The Morgan fingerprint density at radius 1 is 0.970 bits per heavy atom. The minimum absolute atomic E-state index is 0.0754. The van der Waals surface area contributed by atoms with Gasteiger partial charge >= 0.3 is 0 Å². The highest BCUT2D eigenvalue weighted by molar-refractivity contribution is 7.99. The molecule has 2 heterocycles. The smallest absolute Gasteiger partial charge is 0.233 e. The fourth-order valence-electron chi connectivity index (χ4n) is 3.55. The zero-order valence-electron chi connectivity index (χ0n) is 19.1. The molecular formula is C26H27N5OS. The van der Waals surface area contributed by atoms with Gasteiger partial charge in [-0.15, -0.1) is 10.2 Å². The van der Waals surface area contributed by atoms with Crippen LogP contribution in [0.25, 0.3) is 17.1 Å². The minimum Gasteiger partial charge on any atom is -0.338 e. The van der Waals surface area contributed by atoms with E-state index in [9.17, 15) is 4.79 Å². The van der Waals surface area contributed by atoms with E-state index in [1.807, 2.05) is 58.9 Å². The predicted molar refractivity (Wildman–Crippen MR) is 132 cm³/mol. The summed E-state index contributed by atoms with van der Waals surface area (Å²) in [7, 11) is 0. The van der Waals surface area contributed by atoms with Crippen LogP contribution in [0.15, 0.2) is 78.2 Å². The summed E-state index contributed by atoms with van der Waals surface area (Å²) < 4.78 is 2.02. The largest absolute Gasteiger partial charge is 0.338 e. The summed E-state index contributed by atoms with van der Waals surface area (Å²) in [6.45, 7) is 7.44. The lowest BCUT2D eigenvalue weighted by Gasteiger charge is -2.21. The Morgan fingerprint density at radius 3 is 2.42 bits per heavy atom. The summed E-state index contributed by atoms with van der Waals surface area (Å²) in [6, 6.07) is 20.2. The van der Waals surface area contributed by atoms with Gasteiger partial charge in [-0.05, 0) is 61.7 Å². The molecule has 0 aliphatic heterocycles. The molecule has 0 unspecified atom stereocenters. The maximum absolute atomic E-state index is 13.0. The first-order valence-corrected chi connectivity index (χ1v) is 11.9. The molecule has 6 nitrogen and oxygen atoms in total. The van der Waals surface area contributed by atoms with Gasteiger partial charge in [-0.1, -0.05) is 48.2 Å². The second kappa shape index (κ2) is 10.4. The Hall–Kier alpha value is -3.45. The molecule has 0 saturated carbocycles. The first-order chi connectivity index (χ1) is 16.1. The second-order valence-electron chi connectivity index (χ2n) is 7.83. The number of aromatic nitrogens is 4. The molecule has 2 aromatic heterocycles. The van der Waals surface area contributed by atoms with E-state index >= 15 is 0 Å². The van der Waals surface area contributed by atoms with E-state index in [-0.39, 0.29) is 5.91 Å². The van der Waals surface area contributed by atoms with Gasteiger partial charge in [0.05, 0.1) is 11.4 Å². The van der Waals surface area contributed by atoms with Crippen molar-refractivity contribution < 1.29 is 4.79 Å². The number of carbonyl (C=O) groups excluding carboxylic acids is 1. The van der Waals surface area contributed by atoms with Crippen molar-refractivity contribution in [2.24, 2.45) is 0 Å². The number of hydrogen-bond acceptors (Lipinski definition) is 5. The molecule has 4 rings (SSSR count). The Labute approximate surface area is 198 Å². The second-order valence-corrected chi connectivity index (χ2v) is 8.77. The summed E-state index contributed by atoms with van der Waals surface area (Å²) in [6.07, 6.45) is 3.49. The molecule has 0 aliphatic rings. The molecule has 0 saturated heterocycles. The molecule has 4 aromatic rings. The third kappa shape index (κ3) is 5.31. The minimum atomic E-state index is 0.0754. The van der Waals surface area contributed by atoms with Gasteiger partial charge in [0.1, 0.15) is 0 Å². The van der Waals surface area contributed by atoms with Crippen LogP contribution in [0.5, 0.6) is 0 Å². The number of thioether (sulfide) groups is 1. The highest BCUT2D eigenvalue weighted by Gasteiger charge is 2.19. The molecule has 168 valence electrons. The quantitative estimate of drug-likeness (QED) is 0.345. The third-order valence-corrected chi connectivity index (χ3v) is 6.51. The molecule has 0 atom stereocenters. The molecule has 0 bridgehead atoms. The van der Waals surface area contributed by atoms with Gasteiger partial charge < -0.3 is 4.90 Å². The Kier molecular flexibility index (Phi) is 7.19. The molecule has 0 fully saturated rings. The van der Waals surface area contributed by atoms with Gasteiger partial charge in [0.2, 0.25) is 5.91 Å². The van der Waals surface area contributed by atoms with E-state index in [0.29, 0.717) is 24.0 Å². The molecule has 0 spiro atoms. The lowest BCUT2D eigenvalue weighted by molar-refractivity contribution is -0.128. The SMILES string of the molecule is CCN(Cc1ccccc1)C(=O)CSc1nnc(-c2ccncc2)n1-c1ccc(C)c(C)c1. The molecule has 0 N–H and O–H groups in total. The van der Waals surface area contributed by atoms with Crippen LogP contribution in [0.1, 0.15) is 23.6 Å². The first-order valence-electron chi connectivity index (χ1n) is 10.9. The lowest BCUT2D eigenvalue weighted by atomic mass is 10.1. The molecule has 0 radical (unpaired) electrons. The molecular weight excluding hydrogens is 430 g/mol. The number of nitrogens with zero attached hydrogens (tertiary/aromatic N) is 5. The number of benzene rings is 2. The number of aryl methyl sites for hydroxylation is 2. The van der Waals surface area contributed by atoms with Gasteiger partial charge in [-0.2, -0.15) is 0 Å². The Morgan fingerprint density at radius 2 is 1.73 bits per heavy atom. The third-order valence-electron chi connectivity index (χ3n) is 5.60. The van der Waals surface area contributed by atoms with Gasteiger partial charge in [0.15, 0.2) is 11.0 Å². The highest BCUT2D eigenvalue weighted by atomic mass is 32.2. The summed E-state index contributed by atoms with van der Waals surface area (Å²) in [4.78, 5) is 19.0. The average molecular weight is 458 g/mol. The molecule has 33 heavy (non-hydrogen) atoms. The summed E-state index contributed by atoms with van der Waals surface area (Å²) in [5.74, 6) is 1.10. The van der Waals surface area contributed by atoms with Gasteiger partial charge in [-0.25, -0.2) is 0 Å². The van der Waals surface area contributed by atoms with Crippen LogP contribution in [0.2, 0.25) is 0 Å². The van der Waals surface area contributed by atoms with Crippen molar-refractivity contribution in [2.75, 3.05) is 12.3 Å². The number of rotatable bonds is 8. The van der Waals surface area contributed by atoms with Gasteiger partial charge in [0.25, 0.3) is 0 Å². The van der Waals surface area contributed by atoms with Gasteiger partial charge in [0, 0.05) is 31.0 Å². The summed E-state index contributed by atoms with van der Waals surface area (Å²) in [5.41, 5.74) is 5.43. The normalized spacial score (nSPS) is 10.9. The van der Waals surface area contributed by atoms with Crippen molar-refractivity contribution in [3.8, 4) is 17.1 Å². The molecule has 2 aromatic carbocycles. The van der Waals surface area contributed by atoms with Crippen LogP contribution in [-0.2, 0) is 11.3 Å². The van der Waals surface area contributed by atoms with E-state index < -0.39 is 0 Å². The number of hydrogen-bond donors (Lipinski definition) is 0. The summed E-state index contributed by atoms with van der Waals surface area (Å²) in [5, 5.41) is 9.60. The number of pyridine rings is 1. The van der Waals surface area contributed by atoms with Crippen molar-refractivity contribution in [2.45, 2.75) is 32.5 Å². The molecule has 7 heteroatoms. The van der Waals surface area contributed by atoms with Gasteiger partial charge in [-0.3, -0.25) is 14.3 Å². The topological polar surface area (TPSA) is 63.9 Å². The van der Waals surface area contributed by atoms with Crippen molar-refractivity contribution in [3.63, 3.8) is 0 Å². The molecule has 0 aliphatic carbocycles. The van der Waals surface area contributed by atoms with E-state index in [4.69, 9.17) is 0 Å². The van der Waals surface area contributed by atoms with Crippen molar-refractivity contribution in [1.29, 1.82) is 0 Å². The zero-order chi connectivity index (χ0) is 23.2. The fraction of sp³-hybridized carbons (Fsp3) is 0.231. The fourth-order valence-corrected chi connectivity index (χ4v) is 4.40. The van der Waals surface area contributed by atoms with Crippen molar-refractivity contribution >= 4 is 17.7 Å². The Balaban J connectivity index is 1.60. The zero-order valence-corrected chi connectivity index (χ0v) is 19.9. The number of carbonyl (C=O) groups is 1. The monoisotopic (exact) mass is 457 g/mol. The number of amides is 1. The van der Waals surface area contributed by atoms with Crippen LogP contribution < -0.4 is 0 Å². The van der Waals surface area contributed by atoms with Crippen molar-refractivity contribution in [1.82, 2.24) is 24.6 Å². The van der Waals surface area contributed by atoms with Crippen molar-refractivity contribution in [3.05, 3.63) is 89.7 Å². The van der Waals surface area contributed by atoms with E-state index in [0.717, 1.165) is 22.6 Å². The Bertz CT molecular complexity index is 1220. The van der Waals surface area contributed by atoms with E-state index in [1.165, 1.54) is 22.9 Å². The predicted octanol–water partition coefficient (Wildman–Crippen LogP) is 5.09. The van der Waals surface area contributed by atoms with Crippen LogP contribution in [-0.4, -0.2) is 42.9 Å². The van der Waals surface area contributed by atoms with Crippen LogP contribution in [0, 0.1) is 13.8 Å². The maximum atomic E-state index is 13.0.